The normalized spacial score (nSPS) is 20.7. The van der Waals surface area contributed by atoms with E-state index in [0.717, 1.165) is 11.3 Å². The number of benzene rings is 1. The highest BCUT2D eigenvalue weighted by atomic mass is 32.2. The summed E-state index contributed by atoms with van der Waals surface area (Å²) in [5.74, 6) is 0. The zero-order valence-corrected chi connectivity index (χ0v) is 10.3. The van der Waals surface area contributed by atoms with Crippen molar-refractivity contribution in [3.05, 3.63) is 52.2 Å². The average Bonchev–Trinajstić information content (AvgIpc) is 2.97. The minimum atomic E-state index is -0.336. The van der Waals surface area contributed by atoms with E-state index in [1.54, 1.807) is 23.1 Å². The SMILES string of the molecule is OC(c1cccs1)C1Cc2ccccc2S1. The number of aliphatic hydroxyl groups is 1. The zero-order chi connectivity index (χ0) is 11.0. The molecule has 0 spiro atoms. The van der Waals surface area contributed by atoms with Crippen molar-refractivity contribution in [3.63, 3.8) is 0 Å². The third kappa shape index (κ3) is 1.79. The lowest BCUT2D eigenvalue weighted by molar-refractivity contribution is 0.179. The van der Waals surface area contributed by atoms with Gasteiger partial charge in [-0.3, -0.25) is 0 Å². The van der Waals surface area contributed by atoms with Crippen molar-refractivity contribution in [1.29, 1.82) is 0 Å². The molecule has 0 aliphatic carbocycles. The summed E-state index contributed by atoms with van der Waals surface area (Å²) in [7, 11) is 0. The second-order valence-corrected chi connectivity index (χ2v) is 6.19. The van der Waals surface area contributed by atoms with Gasteiger partial charge in [-0.05, 0) is 29.5 Å². The molecule has 16 heavy (non-hydrogen) atoms. The molecule has 0 fully saturated rings. The molecule has 1 aromatic carbocycles. The largest absolute Gasteiger partial charge is 0.386 e. The third-order valence-electron chi connectivity index (χ3n) is 2.86. The van der Waals surface area contributed by atoms with E-state index in [1.165, 1.54) is 10.5 Å². The van der Waals surface area contributed by atoms with Crippen molar-refractivity contribution >= 4 is 23.1 Å². The molecule has 1 aliphatic rings. The van der Waals surface area contributed by atoms with Gasteiger partial charge in [-0.1, -0.05) is 24.3 Å². The Hall–Kier alpha value is -0.770. The van der Waals surface area contributed by atoms with Crippen molar-refractivity contribution in [2.75, 3.05) is 0 Å². The van der Waals surface area contributed by atoms with Crippen molar-refractivity contribution in [2.24, 2.45) is 0 Å². The first-order valence-corrected chi connectivity index (χ1v) is 7.06. The lowest BCUT2D eigenvalue weighted by atomic mass is 10.1. The van der Waals surface area contributed by atoms with E-state index < -0.39 is 0 Å². The summed E-state index contributed by atoms with van der Waals surface area (Å²) in [6.45, 7) is 0. The van der Waals surface area contributed by atoms with Gasteiger partial charge in [0.25, 0.3) is 0 Å². The van der Waals surface area contributed by atoms with Crippen LogP contribution in [0.5, 0.6) is 0 Å². The quantitative estimate of drug-likeness (QED) is 0.877. The third-order valence-corrected chi connectivity index (χ3v) is 5.18. The molecule has 2 atom stereocenters. The number of hydrogen-bond donors (Lipinski definition) is 1. The Balaban J connectivity index is 1.81. The van der Waals surface area contributed by atoms with Gasteiger partial charge in [-0.2, -0.15) is 0 Å². The summed E-state index contributed by atoms with van der Waals surface area (Å²) in [6, 6.07) is 12.4. The number of thioether (sulfide) groups is 1. The summed E-state index contributed by atoms with van der Waals surface area (Å²) >= 11 is 3.43. The molecule has 3 rings (SSSR count). The molecule has 0 saturated carbocycles. The van der Waals surface area contributed by atoms with Gasteiger partial charge in [-0.25, -0.2) is 0 Å². The maximum atomic E-state index is 10.3. The maximum absolute atomic E-state index is 10.3. The molecule has 2 aromatic rings. The maximum Gasteiger partial charge on any atom is 0.101 e. The topological polar surface area (TPSA) is 20.2 Å². The molecule has 82 valence electrons. The molecular weight excluding hydrogens is 236 g/mol. The molecule has 3 heteroatoms. The van der Waals surface area contributed by atoms with Gasteiger partial charge in [0.1, 0.15) is 6.10 Å². The van der Waals surface area contributed by atoms with Crippen LogP contribution in [-0.2, 0) is 6.42 Å². The highest BCUT2D eigenvalue weighted by Gasteiger charge is 2.29. The molecule has 0 saturated heterocycles. The van der Waals surface area contributed by atoms with E-state index in [0.29, 0.717) is 0 Å². The summed E-state index contributed by atoms with van der Waals surface area (Å²) < 4.78 is 0. The number of rotatable bonds is 2. The minimum absolute atomic E-state index is 0.274. The van der Waals surface area contributed by atoms with E-state index in [-0.39, 0.29) is 11.4 Å². The van der Waals surface area contributed by atoms with Crippen LogP contribution in [0.3, 0.4) is 0 Å². The summed E-state index contributed by atoms with van der Waals surface area (Å²) in [5, 5.41) is 12.6. The van der Waals surface area contributed by atoms with E-state index in [2.05, 4.69) is 24.3 Å². The van der Waals surface area contributed by atoms with Crippen LogP contribution in [0.4, 0.5) is 0 Å². The molecule has 1 N–H and O–H groups in total. The van der Waals surface area contributed by atoms with E-state index in [9.17, 15) is 5.11 Å². The van der Waals surface area contributed by atoms with Crippen LogP contribution >= 0.6 is 23.1 Å². The highest BCUT2D eigenvalue weighted by molar-refractivity contribution is 8.00. The predicted octanol–water partition coefficient (Wildman–Crippen LogP) is 3.50. The number of fused-ring (bicyclic) bond motifs is 1. The first-order chi connectivity index (χ1) is 7.84. The predicted molar refractivity (Wildman–Crippen MR) is 69.1 cm³/mol. The molecule has 1 nitrogen and oxygen atoms in total. The van der Waals surface area contributed by atoms with Crippen molar-refractivity contribution in [3.8, 4) is 0 Å². The van der Waals surface area contributed by atoms with Crippen molar-refractivity contribution < 1.29 is 5.11 Å². The fourth-order valence-electron chi connectivity index (χ4n) is 2.03. The number of aliphatic hydroxyl groups excluding tert-OH is 1. The smallest absolute Gasteiger partial charge is 0.101 e. The van der Waals surface area contributed by atoms with Crippen LogP contribution < -0.4 is 0 Å². The minimum Gasteiger partial charge on any atom is -0.386 e. The Morgan fingerprint density at radius 3 is 2.81 bits per heavy atom. The van der Waals surface area contributed by atoms with Gasteiger partial charge < -0.3 is 5.11 Å². The average molecular weight is 248 g/mol. The number of hydrogen-bond acceptors (Lipinski definition) is 3. The Labute approximate surface area is 103 Å². The highest BCUT2D eigenvalue weighted by Crippen LogP contribution is 2.43. The first kappa shape index (κ1) is 10.4. The monoisotopic (exact) mass is 248 g/mol. The molecule has 1 aliphatic heterocycles. The van der Waals surface area contributed by atoms with Crippen LogP contribution in [0.25, 0.3) is 0 Å². The molecule has 2 heterocycles. The molecule has 0 radical (unpaired) electrons. The summed E-state index contributed by atoms with van der Waals surface area (Å²) in [5.41, 5.74) is 1.37. The van der Waals surface area contributed by atoms with Gasteiger partial charge in [0.05, 0.1) is 0 Å². The molecule has 2 unspecified atom stereocenters. The molecular formula is C13H12OS2. The van der Waals surface area contributed by atoms with Gasteiger partial charge in [-0.15, -0.1) is 23.1 Å². The Kier molecular flexibility index (Phi) is 2.75. The van der Waals surface area contributed by atoms with Crippen LogP contribution in [0.15, 0.2) is 46.7 Å². The zero-order valence-electron chi connectivity index (χ0n) is 8.67. The van der Waals surface area contributed by atoms with Crippen LogP contribution in [0.1, 0.15) is 16.5 Å². The molecule has 0 amide bonds. The van der Waals surface area contributed by atoms with Crippen LogP contribution in [0.2, 0.25) is 0 Å². The Bertz CT molecular complexity index is 453. The van der Waals surface area contributed by atoms with E-state index in [4.69, 9.17) is 0 Å². The first-order valence-electron chi connectivity index (χ1n) is 5.30. The van der Waals surface area contributed by atoms with Gasteiger partial charge in [0.15, 0.2) is 0 Å². The Morgan fingerprint density at radius 2 is 2.06 bits per heavy atom. The summed E-state index contributed by atoms with van der Waals surface area (Å²) in [4.78, 5) is 2.40. The summed E-state index contributed by atoms with van der Waals surface area (Å²) in [6.07, 6.45) is 0.636. The lowest BCUT2D eigenvalue weighted by Gasteiger charge is -2.15. The lowest BCUT2D eigenvalue weighted by Crippen LogP contribution is -2.12. The van der Waals surface area contributed by atoms with Crippen molar-refractivity contribution in [1.82, 2.24) is 0 Å². The van der Waals surface area contributed by atoms with E-state index in [1.807, 2.05) is 17.5 Å². The number of thiophene rings is 1. The van der Waals surface area contributed by atoms with E-state index >= 15 is 0 Å². The fraction of sp³-hybridized carbons (Fsp3) is 0.231. The molecule has 1 aromatic heterocycles. The second kappa shape index (κ2) is 4.24. The fourth-order valence-corrected chi connectivity index (χ4v) is 4.21. The standard InChI is InChI=1S/C13H12OS2/c14-13(11-6-3-7-15-11)12-8-9-4-1-2-5-10(9)16-12/h1-7,12-14H,8H2. The van der Waals surface area contributed by atoms with Crippen LogP contribution in [0, 0.1) is 0 Å². The molecule has 0 bridgehead atoms. The van der Waals surface area contributed by atoms with Gasteiger partial charge in [0, 0.05) is 15.0 Å². The van der Waals surface area contributed by atoms with Crippen LogP contribution in [-0.4, -0.2) is 10.4 Å². The second-order valence-electron chi connectivity index (χ2n) is 3.93. The van der Waals surface area contributed by atoms with Gasteiger partial charge in [0.2, 0.25) is 0 Å². The van der Waals surface area contributed by atoms with Crippen molar-refractivity contribution in [2.45, 2.75) is 22.7 Å². The Morgan fingerprint density at radius 1 is 1.19 bits per heavy atom. The van der Waals surface area contributed by atoms with Gasteiger partial charge >= 0.3 is 0 Å².